The van der Waals surface area contributed by atoms with Gasteiger partial charge in [-0.1, -0.05) is 249 Å². The molecular weight excluding hydrogens is 805 g/mol. The third kappa shape index (κ3) is 52.2. The van der Waals surface area contributed by atoms with Crippen LogP contribution in [0.5, 0.6) is 0 Å². The van der Waals surface area contributed by atoms with E-state index in [0.717, 1.165) is 83.5 Å². The van der Waals surface area contributed by atoms with E-state index in [2.05, 4.69) is 69.4 Å². The third-order valence-corrected chi connectivity index (χ3v) is 12.4. The molecule has 0 saturated heterocycles. The number of carbonyl (C=O) groups is 3. The SMILES string of the molecule is CCCCC/C=C\CCCCCCCC(=O)OCC(COC(=O)CCCCCCC\C=C/C=C\C=C/CCCCCCC)OC(=O)CCCCCCCCCCCCCCCCCCC. The molecule has 1 atom stereocenters. The zero-order chi connectivity index (χ0) is 47.2. The second-order valence-corrected chi connectivity index (χ2v) is 18.9. The number of allylic oxidation sites excluding steroid dienone is 8. The molecule has 0 aromatic heterocycles. The number of carbonyl (C=O) groups excluding carboxylic acids is 3. The largest absolute Gasteiger partial charge is 0.462 e. The summed E-state index contributed by atoms with van der Waals surface area (Å²) in [5, 5.41) is 0. The molecule has 0 N–H and O–H groups in total. The van der Waals surface area contributed by atoms with Gasteiger partial charge in [-0.25, -0.2) is 0 Å². The first kappa shape index (κ1) is 62.4. The second-order valence-electron chi connectivity index (χ2n) is 18.9. The van der Waals surface area contributed by atoms with Gasteiger partial charge in [0.15, 0.2) is 6.10 Å². The molecule has 0 bridgehead atoms. The normalized spacial score (nSPS) is 12.4. The van der Waals surface area contributed by atoms with Gasteiger partial charge < -0.3 is 14.2 Å². The summed E-state index contributed by atoms with van der Waals surface area (Å²) in [6.45, 7) is 6.60. The zero-order valence-electron chi connectivity index (χ0n) is 43.3. The van der Waals surface area contributed by atoms with Gasteiger partial charge in [0.05, 0.1) is 0 Å². The van der Waals surface area contributed by atoms with Crippen LogP contribution >= 0.6 is 0 Å². The Hall–Kier alpha value is -2.63. The van der Waals surface area contributed by atoms with Crippen LogP contribution in [0, 0.1) is 0 Å². The molecule has 0 aromatic carbocycles. The smallest absolute Gasteiger partial charge is 0.306 e. The summed E-state index contributed by atoms with van der Waals surface area (Å²) in [7, 11) is 0. The first-order chi connectivity index (χ1) is 32.0. The lowest BCUT2D eigenvalue weighted by Crippen LogP contribution is -2.30. The molecule has 0 fully saturated rings. The predicted octanol–water partition coefficient (Wildman–Crippen LogP) is 18.7. The van der Waals surface area contributed by atoms with Gasteiger partial charge in [-0.05, 0) is 70.6 Å². The number of hydrogen-bond donors (Lipinski definition) is 0. The molecule has 0 aliphatic heterocycles. The van der Waals surface area contributed by atoms with Crippen LogP contribution in [0.2, 0.25) is 0 Å². The van der Waals surface area contributed by atoms with Crippen molar-refractivity contribution in [3.8, 4) is 0 Å². The van der Waals surface area contributed by atoms with Gasteiger partial charge in [0.1, 0.15) is 13.2 Å². The van der Waals surface area contributed by atoms with Crippen molar-refractivity contribution in [3.63, 3.8) is 0 Å². The van der Waals surface area contributed by atoms with Crippen LogP contribution in [0.3, 0.4) is 0 Å². The molecule has 378 valence electrons. The van der Waals surface area contributed by atoms with Gasteiger partial charge in [-0.3, -0.25) is 14.4 Å². The highest BCUT2D eigenvalue weighted by Gasteiger charge is 2.19. The number of ether oxygens (including phenoxy) is 3. The minimum absolute atomic E-state index is 0.0817. The molecule has 0 aliphatic carbocycles. The Kier molecular flexibility index (Phi) is 51.8. The number of unbranched alkanes of at least 4 members (excludes halogenated alkanes) is 34. The second kappa shape index (κ2) is 54.0. The van der Waals surface area contributed by atoms with Crippen molar-refractivity contribution in [2.75, 3.05) is 13.2 Å². The van der Waals surface area contributed by atoms with E-state index >= 15 is 0 Å². The first-order valence-electron chi connectivity index (χ1n) is 28.2. The molecule has 6 nitrogen and oxygen atoms in total. The van der Waals surface area contributed by atoms with Crippen molar-refractivity contribution in [2.45, 2.75) is 297 Å². The van der Waals surface area contributed by atoms with Crippen molar-refractivity contribution in [2.24, 2.45) is 0 Å². The molecule has 0 aromatic rings. The lowest BCUT2D eigenvalue weighted by Gasteiger charge is -2.18. The van der Waals surface area contributed by atoms with Gasteiger partial charge >= 0.3 is 17.9 Å². The Morgan fingerprint density at radius 3 is 0.923 bits per heavy atom. The van der Waals surface area contributed by atoms with E-state index in [1.807, 2.05) is 0 Å². The van der Waals surface area contributed by atoms with E-state index in [9.17, 15) is 14.4 Å². The van der Waals surface area contributed by atoms with E-state index in [0.29, 0.717) is 19.3 Å². The Morgan fingerprint density at radius 1 is 0.308 bits per heavy atom. The van der Waals surface area contributed by atoms with E-state index in [1.165, 1.54) is 167 Å². The lowest BCUT2D eigenvalue weighted by atomic mass is 10.0. The van der Waals surface area contributed by atoms with Crippen LogP contribution in [-0.2, 0) is 28.6 Å². The van der Waals surface area contributed by atoms with Gasteiger partial charge in [0.2, 0.25) is 0 Å². The monoisotopic (exact) mass is 911 g/mol. The van der Waals surface area contributed by atoms with Crippen LogP contribution in [0.15, 0.2) is 48.6 Å². The quantitative estimate of drug-likeness (QED) is 0.0199. The van der Waals surface area contributed by atoms with Gasteiger partial charge in [-0.2, -0.15) is 0 Å². The maximum absolute atomic E-state index is 12.8. The van der Waals surface area contributed by atoms with Crippen molar-refractivity contribution in [3.05, 3.63) is 48.6 Å². The summed E-state index contributed by atoms with van der Waals surface area (Å²) in [5.74, 6) is -0.897. The molecule has 0 spiro atoms. The lowest BCUT2D eigenvalue weighted by molar-refractivity contribution is -0.167. The topological polar surface area (TPSA) is 78.9 Å². The van der Waals surface area contributed by atoms with E-state index < -0.39 is 6.10 Å². The number of esters is 3. The van der Waals surface area contributed by atoms with Crippen molar-refractivity contribution in [1.29, 1.82) is 0 Å². The minimum Gasteiger partial charge on any atom is -0.462 e. The van der Waals surface area contributed by atoms with Crippen LogP contribution in [0.1, 0.15) is 290 Å². The predicted molar refractivity (Wildman–Crippen MR) is 279 cm³/mol. The fraction of sp³-hybridized carbons (Fsp3) is 0.814. The van der Waals surface area contributed by atoms with Crippen molar-refractivity contribution < 1.29 is 28.6 Å². The van der Waals surface area contributed by atoms with Crippen LogP contribution in [-0.4, -0.2) is 37.2 Å². The zero-order valence-corrected chi connectivity index (χ0v) is 43.3. The summed E-state index contributed by atoms with van der Waals surface area (Å²) in [6.07, 6.45) is 65.2. The summed E-state index contributed by atoms with van der Waals surface area (Å²) in [5.41, 5.74) is 0. The van der Waals surface area contributed by atoms with Gasteiger partial charge in [0, 0.05) is 19.3 Å². The highest BCUT2D eigenvalue weighted by Crippen LogP contribution is 2.16. The Labute approximate surface area is 403 Å². The molecule has 0 aliphatic rings. The summed E-state index contributed by atoms with van der Waals surface area (Å²) < 4.78 is 16.8. The fourth-order valence-electron chi connectivity index (χ4n) is 8.09. The first-order valence-corrected chi connectivity index (χ1v) is 28.2. The Balaban J connectivity index is 4.38. The molecular formula is C59H106O6. The number of rotatable bonds is 51. The maximum Gasteiger partial charge on any atom is 0.306 e. The van der Waals surface area contributed by atoms with Crippen LogP contribution in [0.25, 0.3) is 0 Å². The summed E-state index contributed by atoms with van der Waals surface area (Å²) >= 11 is 0. The highest BCUT2D eigenvalue weighted by molar-refractivity contribution is 5.71. The van der Waals surface area contributed by atoms with Crippen LogP contribution < -0.4 is 0 Å². The molecule has 65 heavy (non-hydrogen) atoms. The van der Waals surface area contributed by atoms with E-state index in [1.54, 1.807) is 0 Å². The summed E-state index contributed by atoms with van der Waals surface area (Å²) in [4.78, 5) is 38.1. The Morgan fingerprint density at radius 2 is 0.569 bits per heavy atom. The molecule has 0 radical (unpaired) electrons. The van der Waals surface area contributed by atoms with Gasteiger partial charge in [0.25, 0.3) is 0 Å². The van der Waals surface area contributed by atoms with E-state index in [-0.39, 0.29) is 31.1 Å². The highest BCUT2D eigenvalue weighted by atomic mass is 16.6. The molecule has 0 rings (SSSR count). The van der Waals surface area contributed by atoms with Crippen molar-refractivity contribution >= 4 is 17.9 Å². The third-order valence-electron chi connectivity index (χ3n) is 12.4. The van der Waals surface area contributed by atoms with E-state index in [4.69, 9.17) is 14.2 Å². The van der Waals surface area contributed by atoms with Crippen molar-refractivity contribution in [1.82, 2.24) is 0 Å². The van der Waals surface area contributed by atoms with Crippen LogP contribution in [0.4, 0.5) is 0 Å². The molecule has 6 heteroatoms. The minimum atomic E-state index is -0.782. The standard InChI is InChI=1S/C59H106O6/c1-4-7-10-13-16-19-22-25-27-29-31-32-34-37-40-43-46-49-52-58(61)64-55-56(54-63-57(60)51-48-45-42-39-36-24-21-18-15-12-9-6-3)65-59(62)53-50-47-44-41-38-35-33-30-28-26-23-20-17-14-11-8-5-2/h18,21-22,25,27,29,31-32,56H,4-17,19-20,23-24,26,28,30,33-55H2,1-3H3/b21-18-,25-22-,29-27-,32-31-. The molecule has 0 amide bonds. The average Bonchev–Trinajstić information content (AvgIpc) is 3.30. The summed E-state index contributed by atoms with van der Waals surface area (Å²) in [6, 6.07) is 0. The fourth-order valence-corrected chi connectivity index (χ4v) is 8.09. The number of hydrogen-bond acceptors (Lipinski definition) is 6. The average molecular weight is 911 g/mol. The van der Waals surface area contributed by atoms with Gasteiger partial charge in [-0.15, -0.1) is 0 Å². The Bertz CT molecular complexity index is 1140. The molecule has 0 heterocycles. The molecule has 0 saturated carbocycles. The molecule has 1 unspecified atom stereocenters. The maximum atomic E-state index is 12.8.